The summed E-state index contributed by atoms with van der Waals surface area (Å²) in [6.45, 7) is 7.09. The number of nitrogens with zero attached hydrogens (tertiary/aromatic N) is 2. The summed E-state index contributed by atoms with van der Waals surface area (Å²) in [7, 11) is 0. The van der Waals surface area contributed by atoms with E-state index in [1.54, 1.807) is 0 Å². The van der Waals surface area contributed by atoms with E-state index in [0.29, 0.717) is 6.04 Å². The Morgan fingerprint density at radius 1 is 1.33 bits per heavy atom. The maximum Gasteiger partial charge on any atom is 0.157 e. The Kier molecular flexibility index (Phi) is 4.14. The second kappa shape index (κ2) is 5.83. The molecule has 0 amide bonds. The fraction of sp³-hybridized carbons (Fsp3) is 0.929. The molecule has 2 fully saturated rings. The SMILES string of the molecule is CC(CN1CCCCC1)NC1=NCC(C2CC2)S1. The average Bonchev–Trinajstić information content (AvgIpc) is 3.12. The lowest BCUT2D eigenvalue weighted by Gasteiger charge is -2.29. The summed E-state index contributed by atoms with van der Waals surface area (Å²) in [6.07, 6.45) is 7.05. The number of rotatable bonds is 4. The van der Waals surface area contributed by atoms with E-state index in [0.717, 1.165) is 17.7 Å². The van der Waals surface area contributed by atoms with E-state index in [9.17, 15) is 0 Å². The van der Waals surface area contributed by atoms with E-state index in [1.807, 2.05) is 11.8 Å². The Bertz CT molecular complexity index is 308. The summed E-state index contributed by atoms with van der Waals surface area (Å²) in [4.78, 5) is 7.26. The fourth-order valence-electron chi connectivity index (χ4n) is 2.97. The second-order valence-corrected chi connectivity index (χ2v) is 7.27. The van der Waals surface area contributed by atoms with Crippen molar-refractivity contribution in [3.05, 3.63) is 0 Å². The summed E-state index contributed by atoms with van der Waals surface area (Å²) < 4.78 is 0. The molecule has 0 aromatic carbocycles. The maximum atomic E-state index is 4.66. The fourth-order valence-corrected chi connectivity index (χ4v) is 4.29. The predicted molar refractivity (Wildman–Crippen MR) is 79.3 cm³/mol. The van der Waals surface area contributed by atoms with Gasteiger partial charge in [0.2, 0.25) is 0 Å². The molecule has 2 heterocycles. The molecule has 0 aromatic rings. The molecule has 1 saturated carbocycles. The van der Waals surface area contributed by atoms with Crippen LogP contribution in [0.3, 0.4) is 0 Å². The van der Waals surface area contributed by atoms with Crippen LogP contribution in [0.1, 0.15) is 39.0 Å². The van der Waals surface area contributed by atoms with Crippen molar-refractivity contribution in [2.45, 2.75) is 50.3 Å². The molecule has 0 aromatic heterocycles. The van der Waals surface area contributed by atoms with Crippen molar-refractivity contribution in [1.29, 1.82) is 0 Å². The van der Waals surface area contributed by atoms with Crippen LogP contribution >= 0.6 is 11.8 Å². The first kappa shape index (κ1) is 12.8. The van der Waals surface area contributed by atoms with E-state index in [2.05, 4.69) is 22.1 Å². The van der Waals surface area contributed by atoms with Crippen molar-refractivity contribution in [1.82, 2.24) is 10.2 Å². The summed E-state index contributed by atoms with van der Waals surface area (Å²) in [6, 6.07) is 0.535. The molecule has 18 heavy (non-hydrogen) atoms. The maximum absolute atomic E-state index is 4.66. The van der Waals surface area contributed by atoms with Gasteiger partial charge in [0, 0.05) is 17.8 Å². The van der Waals surface area contributed by atoms with E-state index in [4.69, 9.17) is 0 Å². The van der Waals surface area contributed by atoms with E-state index in [-0.39, 0.29) is 0 Å². The van der Waals surface area contributed by atoms with Gasteiger partial charge in [0.05, 0.1) is 6.54 Å². The molecule has 0 radical (unpaired) electrons. The Labute approximate surface area is 115 Å². The molecular weight excluding hydrogens is 242 g/mol. The number of hydrogen-bond donors (Lipinski definition) is 1. The first-order valence-electron chi connectivity index (χ1n) is 7.51. The van der Waals surface area contributed by atoms with Gasteiger partial charge in [-0.3, -0.25) is 4.99 Å². The number of likely N-dealkylation sites (tertiary alicyclic amines) is 1. The van der Waals surface area contributed by atoms with Crippen molar-refractivity contribution < 1.29 is 0 Å². The standard InChI is InChI=1S/C14H25N3S/c1-11(10-17-7-3-2-4-8-17)16-14-15-9-13(18-14)12-5-6-12/h11-13H,2-10H2,1H3,(H,15,16). The highest BCUT2D eigenvalue weighted by Gasteiger charge is 2.35. The van der Waals surface area contributed by atoms with Crippen molar-refractivity contribution >= 4 is 16.9 Å². The van der Waals surface area contributed by atoms with Gasteiger partial charge >= 0.3 is 0 Å². The number of aliphatic imine (C=N–C) groups is 1. The molecule has 4 heteroatoms. The molecular formula is C14H25N3S. The summed E-state index contributed by atoms with van der Waals surface area (Å²) in [5.74, 6) is 0.968. The van der Waals surface area contributed by atoms with Crippen molar-refractivity contribution in [2.75, 3.05) is 26.2 Å². The molecule has 3 rings (SSSR count). The molecule has 2 unspecified atom stereocenters. The largest absolute Gasteiger partial charge is 0.361 e. The summed E-state index contributed by atoms with van der Waals surface area (Å²) >= 11 is 1.99. The Balaban J connectivity index is 1.39. The van der Waals surface area contributed by atoms with Gasteiger partial charge in [0.25, 0.3) is 0 Å². The van der Waals surface area contributed by atoms with Gasteiger partial charge in [-0.25, -0.2) is 0 Å². The van der Waals surface area contributed by atoms with Crippen LogP contribution in [0.5, 0.6) is 0 Å². The number of piperidine rings is 1. The van der Waals surface area contributed by atoms with Gasteiger partial charge in [-0.1, -0.05) is 18.2 Å². The molecule has 1 saturated heterocycles. The summed E-state index contributed by atoms with van der Waals surface area (Å²) in [5, 5.41) is 5.60. The van der Waals surface area contributed by atoms with Crippen LogP contribution in [-0.4, -0.2) is 47.5 Å². The van der Waals surface area contributed by atoms with Gasteiger partial charge in [-0.05, 0) is 51.6 Å². The number of hydrogen-bond acceptors (Lipinski definition) is 4. The van der Waals surface area contributed by atoms with Gasteiger partial charge in [0.1, 0.15) is 0 Å². The predicted octanol–water partition coefficient (Wildman–Crippen LogP) is 2.33. The molecule has 1 aliphatic carbocycles. The smallest absolute Gasteiger partial charge is 0.157 e. The highest BCUT2D eigenvalue weighted by molar-refractivity contribution is 8.14. The number of thioether (sulfide) groups is 1. The monoisotopic (exact) mass is 267 g/mol. The van der Waals surface area contributed by atoms with Crippen molar-refractivity contribution in [2.24, 2.45) is 10.9 Å². The molecule has 2 aliphatic heterocycles. The second-order valence-electron chi connectivity index (χ2n) is 6.05. The minimum atomic E-state index is 0.535. The lowest BCUT2D eigenvalue weighted by atomic mass is 10.1. The number of amidine groups is 1. The molecule has 3 nitrogen and oxygen atoms in total. The summed E-state index contributed by atoms with van der Waals surface area (Å²) in [5.41, 5.74) is 0. The minimum absolute atomic E-state index is 0.535. The number of nitrogens with one attached hydrogen (secondary N) is 1. The Hall–Kier alpha value is -0.220. The Morgan fingerprint density at radius 3 is 2.83 bits per heavy atom. The zero-order valence-corrected chi connectivity index (χ0v) is 12.2. The first-order chi connectivity index (χ1) is 8.81. The van der Waals surface area contributed by atoms with Crippen LogP contribution in [0.4, 0.5) is 0 Å². The van der Waals surface area contributed by atoms with Gasteiger partial charge in [-0.2, -0.15) is 0 Å². The quantitative estimate of drug-likeness (QED) is 0.847. The van der Waals surface area contributed by atoms with Gasteiger partial charge in [-0.15, -0.1) is 0 Å². The van der Waals surface area contributed by atoms with Crippen LogP contribution in [0.25, 0.3) is 0 Å². The van der Waals surface area contributed by atoms with Crippen LogP contribution in [0.2, 0.25) is 0 Å². The molecule has 0 bridgehead atoms. The molecule has 2 atom stereocenters. The van der Waals surface area contributed by atoms with E-state index < -0.39 is 0 Å². The average molecular weight is 267 g/mol. The normalized spacial score (nSPS) is 31.2. The molecule has 0 spiro atoms. The highest BCUT2D eigenvalue weighted by Crippen LogP contribution is 2.41. The Morgan fingerprint density at radius 2 is 2.11 bits per heavy atom. The van der Waals surface area contributed by atoms with E-state index in [1.165, 1.54) is 56.9 Å². The first-order valence-corrected chi connectivity index (χ1v) is 8.39. The zero-order chi connectivity index (χ0) is 12.4. The van der Waals surface area contributed by atoms with Crippen LogP contribution in [-0.2, 0) is 0 Å². The van der Waals surface area contributed by atoms with Crippen molar-refractivity contribution in [3.8, 4) is 0 Å². The van der Waals surface area contributed by atoms with E-state index >= 15 is 0 Å². The van der Waals surface area contributed by atoms with Crippen LogP contribution in [0, 0.1) is 5.92 Å². The van der Waals surface area contributed by atoms with Gasteiger partial charge < -0.3 is 10.2 Å². The van der Waals surface area contributed by atoms with Crippen molar-refractivity contribution in [3.63, 3.8) is 0 Å². The third-order valence-electron chi connectivity index (χ3n) is 4.18. The van der Waals surface area contributed by atoms with Crippen LogP contribution in [0.15, 0.2) is 4.99 Å². The lowest BCUT2D eigenvalue weighted by molar-refractivity contribution is 0.215. The van der Waals surface area contributed by atoms with Crippen LogP contribution < -0.4 is 5.32 Å². The molecule has 3 aliphatic rings. The lowest BCUT2D eigenvalue weighted by Crippen LogP contribution is -2.42. The molecule has 1 N–H and O–H groups in total. The third-order valence-corrected chi connectivity index (χ3v) is 5.48. The minimum Gasteiger partial charge on any atom is -0.361 e. The van der Waals surface area contributed by atoms with Gasteiger partial charge in [0.15, 0.2) is 5.17 Å². The highest BCUT2D eigenvalue weighted by atomic mass is 32.2. The zero-order valence-electron chi connectivity index (χ0n) is 11.4. The topological polar surface area (TPSA) is 27.6 Å². The molecule has 102 valence electrons. The third kappa shape index (κ3) is 3.41.